The predicted octanol–water partition coefficient (Wildman–Crippen LogP) is 4.22. The van der Waals surface area contributed by atoms with Crippen molar-refractivity contribution in [2.75, 3.05) is 19.5 Å². The van der Waals surface area contributed by atoms with Crippen LogP contribution >= 0.6 is 0 Å². The smallest absolute Gasteiger partial charge is 0.255 e. The van der Waals surface area contributed by atoms with E-state index in [-0.39, 0.29) is 5.91 Å². The fourth-order valence-electron chi connectivity index (χ4n) is 3.08. The molecule has 0 unspecified atom stereocenters. The minimum absolute atomic E-state index is 0.193. The summed E-state index contributed by atoms with van der Waals surface area (Å²) >= 11 is 0. The highest BCUT2D eigenvalue weighted by molar-refractivity contribution is 6.06. The Morgan fingerprint density at radius 3 is 2.48 bits per heavy atom. The number of H-pyrrole nitrogens is 1. The van der Waals surface area contributed by atoms with Crippen molar-refractivity contribution in [3.05, 3.63) is 59.8 Å². The summed E-state index contributed by atoms with van der Waals surface area (Å²) < 4.78 is 10.5. The molecule has 1 fully saturated rings. The predicted molar refractivity (Wildman–Crippen MR) is 103 cm³/mol. The Balaban J connectivity index is 1.70. The maximum Gasteiger partial charge on any atom is 0.255 e. The summed E-state index contributed by atoms with van der Waals surface area (Å²) in [6.45, 7) is 0. The van der Waals surface area contributed by atoms with E-state index in [1.54, 1.807) is 32.4 Å². The Labute approximate surface area is 157 Å². The molecular formula is C21H21N3O3. The van der Waals surface area contributed by atoms with Crippen molar-refractivity contribution >= 4 is 11.6 Å². The summed E-state index contributed by atoms with van der Waals surface area (Å²) in [6.07, 6.45) is 2.20. The molecule has 6 nitrogen and oxygen atoms in total. The van der Waals surface area contributed by atoms with Gasteiger partial charge in [0.15, 0.2) is 0 Å². The summed E-state index contributed by atoms with van der Waals surface area (Å²) in [5.74, 6) is 1.61. The highest BCUT2D eigenvalue weighted by Gasteiger charge is 2.31. The van der Waals surface area contributed by atoms with Gasteiger partial charge in [-0.2, -0.15) is 5.10 Å². The highest BCUT2D eigenvalue weighted by atomic mass is 16.5. The van der Waals surface area contributed by atoms with Gasteiger partial charge in [-0.25, -0.2) is 0 Å². The van der Waals surface area contributed by atoms with Gasteiger partial charge in [-0.05, 0) is 43.2 Å². The molecule has 0 aliphatic heterocycles. The van der Waals surface area contributed by atoms with Gasteiger partial charge in [0.2, 0.25) is 0 Å². The molecule has 0 bridgehead atoms. The molecular weight excluding hydrogens is 342 g/mol. The first-order chi connectivity index (χ1) is 13.2. The second kappa shape index (κ2) is 7.15. The van der Waals surface area contributed by atoms with Crippen LogP contribution in [0.25, 0.3) is 11.3 Å². The zero-order chi connectivity index (χ0) is 18.8. The maximum absolute atomic E-state index is 12.8. The van der Waals surface area contributed by atoms with E-state index >= 15 is 0 Å². The van der Waals surface area contributed by atoms with Gasteiger partial charge in [0.1, 0.15) is 17.2 Å². The Kier molecular flexibility index (Phi) is 4.54. The molecule has 138 valence electrons. The molecule has 0 spiro atoms. The molecule has 6 heteroatoms. The molecule has 0 atom stereocenters. The topological polar surface area (TPSA) is 76.2 Å². The molecule has 2 N–H and O–H groups in total. The largest absolute Gasteiger partial charge is 0.497 e. The standard InChI is InChI=1S/C21H21N3O3/c1-26-16-7-3-5-14(11-16)19-20(18(23-24-19)13-9-10-13)22-21(25)15-6-4-8-17(12-15)27-2/h3-8,11-13H,9-10H2,1-2H3,(H,22,25)(H,23,24). The van der Waals surface area contributed by atoms with Crippen molar-refractivity contribution in [1.82, 2.24) is 10.2 Å². The number of carbonyl (C=O) groups excluding carboxylic acids is 1. The first kappa shape index (κ1) is 17.1. The quantitative estimate of drug-likeness (QED) is 0.687. The minimum Gasteiger partial charge on any atom is -0.497 e. The van der Waals surface area contributed by atoms with E-state index in [0.717, 1.165) is 35.5 Å². The molecule has 2 aromatic carbocycles. The van der Waals surface area contributed by atoms with Gasteiger partial charge in [0, 0.05) is 17.0 Å². The fraction of sp³-hybridized carbons (Fsp3) is 0.238. The zero-order valence-electron chi connectivity index (χ0n) is 15.3. The third kappa shape index (κ3) is 3.51. The third-order valence-corrected chi connectivity index (χ3v) is 4.69. The van der Waals surface area contributed by atoms with Gasteiger partial charge >= 0.3 is 0 Å². The summed E-state index contributed by atoms with van der Waals surface area (Å²) in [4.78, 5) is 12.8. The van der Waals surface area contributed by atoms with E-state index in [4.69, 9.17) is 9.47 Å². The second-order valence-corrected chi connectivity index (χ2v) is 6.55. The summed E-state index contributed by atoms with van der Waals surface area (Å²) in [5.41, 5.74) is 3.85. The Hall–Kier alpha value is -3.28. The Morgan fingerprint density at radius 2 is 1.78 bits per heavy atom. The lowest BCUT2D eigenvalue weighted by atomic mass is 10.1. The first-order valence-electron chi connectivity index (χ1n) is 8.87. The van der Waals surface area contributed by atoms with Gasteiger partial charge in [-0.15, -0.1) is 0 Å². The van der Waals surface area contributed by atoms with Crippen LogP contribution in [-0.2, 0) is 0 Å². The molecule has 1 heterocycles. The van der Waals surface area contributed by atoms with Crippen molar-refractivity contribution in [2.24, 2.45) is 0 Å². The van der Waals surface area contributed by atoms with E-state index in [1.165, 1.54) is 0 Å². The lowest BCUT2D eigenvalue weighted by Gasteiger charge is -2.10. The van der Waals surface area contributed by atoms with Gasteiger partial charge in [0.05, 0.1) is 25.6 Å². The van der Waals surface area contributed by atoms with Crippen LogP contribution in [0.15, 0.2) is 48.5 Å². The number of nitrogens with one attached hydrogen (secondary N) is 2. The number of ether oxygens (including phenoxy) is 2. The van der Waals surface area contributed by atoms with Crippen LogP contribution in [0.3, 0.4) is 0 Å². The van der Waals surface area contributed by atoms with Gasteiger partial charge in [-0.3, -0.25) is 9.89 Å². The lowest BCUT2D eigenvalue weighted by Crippen LogP contribution is -2.13. The normalized spacial score (nSPS) is 13.3. The number of rotatable bonds is 6. The summed E-state index contributed by atoms with van der Waals surface area (Å²) in [6, 6.07) is 14.8. The number of carbonyl (C=O) groups is 1. The average Bonchev–Trinajstić information content (AvgIpc) is 3.48. The van der Waals surface area contributed by atoms with Crippen molar-refractivity contribution in [3.63, 3.8) is 0 Å². The number of hydrogen-bond acceptors (Lipinski definition) is 4. The monoisotopic (exact) mass is 363 g/mol. The number of amides is 1. The van der Waals surface area contributed by atoms with E-state index in [1.807, 2.05) is 30.3 Å². The van der Waals surface area contributed by atoms with Crippen molar-refractivity contribution < 1.29 is 14.3 Å². The SMILES string of the molecule is COc1cccc(C(=O)Nc2c(-c3cccc(OC)c3)n[nH]c2C2CC2)c1. The first-order valence-corrected chi connectivity index (χ1v) is 8.87. The summed E-state index contributed by atoms with van der Waals surface area (Å²) in [5, 5.41) is 10.7. The van der Waals surface area contributed by atoms with Crippen LogP contribution in [0.4, 0.5) is 5.69 Å². The molecule has 1 aliphatic carbocycles. The van der Waals surface area contributed by atoms with Crippen LogP contribution < -0.4 is 14.8 Å². The number of anilines is 1. The van der Waals surface area contributed by atoms with E-state index in [0.29, 0.717) is 22.9 Å². The molecule has 4 rings (SSSR count). The zero-order valence-corrected chi connectivity index (χ0v) is 15.3. The second-order valence-electron chi connectivity index (χ2n) is 6.55. The van der Waals surface area contributed by atoms with Crippen LogP contribution in [0.5, 0.6) is 11.5 Å². The number of nitrogens with zero attached hydrogens (tertiary/aromatic N) is 1. The Bertz CT molecular complexity index is 976. The van der Waals surface area contributed by atoms with Crippen molar-refractivity contribution in [3.8, 4) is 22.8 Å². The number of benzene rings is 2. The van der Waals surface area contributed by atoms with Crippen molar-refractivity contribution in [2.45, 2.75) is 18.8 Å². The van der Waals surface area contributed by atoms with Gasteiger partial charge in [0.25, 0.3) is 5.91 Å². The number of aromatic amines is 1. The molecule has 1 aliphatic rings. The minimum atomic E-state index is -0.193. The van der Waals surface area contributed by atoms with Crippen LogP contribution in [0.1, 0.15) is 34.8 Å². The molecule has 0 radical (unpaired) electrons. The van der Waals surface area contributed by atoms with E-state index in [9.17, 15) is 4.79 Å². The maximum atomic E-state index is 12.8. The summed E-state index contributed by atoms with van der Waals surface area (Å²) in [7, 11) is 3.21. The van der Waals surface area contributed by atoms with Crippen LogP contribution in [0.2, 0.25) is 0 Å². The molecule has 27 heavy (non-hydrogen) atoms. The number of hydrogen-bond donors (Lipinski definition) is 2. The molecule has 1 amide bonds. The van der Waals surface area contributed by atoms with Crippen molar-refractivity contribution in [1.29, 1.82) is 0 Å². The lowest BCUT2D eigenvalue weighted by molar-refractivity contribution is 0.102. The Morgan fingerprint density at radius 1 is 1.07 bits per heavy atom. The number of aromatic nitrogens is 2. The molecule has 0 saturated heterocycles. The van der Waals surface area contributed by atoms with Gasteiger partial charge < -0.3 is 14.8 Å². The molecule has 1 aromatic heterocycles. The van der Waals surface area contributed by atoms with E-state index in [2.05, 4.69) is 15.5 Å². The van der Waals surface area contributed by atoms with Gasteiger partial charge in [-0.1, -0.05) is 18.2 Å². The molecule has 1 saturated carbocycles. The van der Waals surface area contributed by atoms with Crippen LogP contribution in [0, 0.1) is 0 Å². The van der Waals surface area contributed by atoms with Crippen LogP contribution in [-0.4, -0.2) is 30.3 Å². The fourth-order valence-corrected chi connectivity index (χ4v) is 3.08. The highest BCUT2D eigenvalue weighted by Crippen LogP contribution is 2.45. The van der Waals surface area contributed by atoms with E-state index < -0.39 is 0 Å². The number of methoxy groups -OCH3 is 2. The molecule has 3 aromatic rings. The average molecular weight is 363 g/mol. The third-order valence-electron chi connectivity index (χ3n) is 4.69.